The molecule has 0 fully saturated rings. The Kier molecular flexibility index (Phi) is 5.14. The highest BCUT2D eigenvalue weighted by atomic mass is 19.1. The van der Waals surface area contributed by atoms with Crippen LogP contribution in [0, 0.1) is 5.82 Å². The number of nitrogens with zero attached hydrogens (tertiary/aromatic N) is 4. The minimum atomic E-state index is -0.305. The Morgan fingerprint density at radius 1 is 1.16 bits per heavy atom. The number of fused-ring (bicyclic) bond motifs is 2. The van der Waals surface area contributed by atoms with E-state index in [1.807, 2.05) is 31.2 Å². The third kappa shape index (κ3) is 4.09. The molecule has 0 aliphatic carbocycles. The van der Waals surface area contributed by atoms with Crippen LogP contribution in [0.2, 0.25) is 0 Å². The fourth-order valence-corrected chi connectivity index (χ4v) is 3.72. The summed E-state index contributed by atoms with van der Waals surface area (Å²) in [4.78, 5) is 31.4. The van der Waals surface area contributed by atoms with Crippen molar-refractivity contribution in [3.8, 4) is 0 Å². The van der Waals surface area contributed by atoms with Crippen LogP contribution < -0.4 is 10.6 Å². The summed E-state index contributed by atoms with van der Waals surface area (Å²) in [6.45, 7) is 2.87. The van der Waals surface area contributed by atoms with Gasteiger partial charge in [0.1, 0.15) is 11.6 Å². The summed E-state index contributed by atoms with van der Waals surface area (Å²) in [5.74, 6) is 0.818. The Bertz CT molecular complexity index is 1240. The van der Waals surface area contributed by atoms with Crippen LogP contribution in [0.5, 0.6) is 0 Å². The monoisotopic (exact) mass is 431 g/mol. The maximum atomic E-state index is 13.1. The van der Waals surface area contributed by atoms with Crippen molar-refractivity contribution in [1.29, 1.82) is 0 Å². The van der Waals surface area contributed by atoms with Gasteiger partial charge < -0.3 is 20.5 Å². The van der Waals surface area contributed by atoms with Gasteiger partial charge in [0, 0.05) is 18.4 Å². The van der Waals surface area contributed by atoms with Crippen LogP contribution in [0.1, 0.15) is 30.0 Å². The number of halogens is 1. The average molecular weight is 431 g/mol. The maximum absolute atomic E-state index is 13.1. The zero-order valence-corrected chi connectivity index (χ0v) is 17.5. The second-order valence-electron chi connectivity index (χ2n) is 7.78. The number of H-pyrrole nitrogens is 1. The normalized spacial score (nSPS) is 14.1. The third-order valence-electron chi connectivity index (χ3n) is 5.49. The highest BCUT2D eigenvalue weighted by Crippen LogP contribution is 2.21. The number of benzene rings is 2. The topological polar surface area (TPSA) is 98.8 Å². The number of hydrogen-bond acceptors (Lipinski definition) is 5. The molecule has 0 saturated heterocycles. The lowest BCUT2D eigenvalue weighted by molar-refractivity contribution is 0.187. The van der Waals surface area contributed by atoms with Crippen molar-refractivity contribution in [3.63, 3.8) is 0 Å². The molecule has 1 aliphatic rings. The molecule has 2 amide bonds. The van der Waals surface area contributed by atoms with Gasteiger partial charge in [0.2, 0.25) is 5.95 Å². The van der Waals surface area contributed by atoms with Crippen LogP contribution in [-0.4, -0.2) is 37.4 Å². The van der Waals surface area contributed by atoms with Crippen molar-refractivity contribution >= 4 is 28.7 Å². The zero-order valence-electron chi connectivity index (χ0n) is 17.5. The number of anilines is 2. The SMILES string of the molecule is CC(NC(=O)N1CCc2cnc(Nc3ccc(F)cc3)nc2C1)c1nc2ccccc2[nH]1. The number of aromatic nitrogens is 4. The molecule has 0 radical (unpaired) electrons. The summed E-state index contributed by atoms with van der Waals surface area (Å²) in [5.41, 5.74) is 4.31. The standard InChI is InChI=1S/C23H22FN7O/c1-14(21-28-18-4-2-3-5-19(18)29-21)26-23(32)31-11-10-15-12-25-22(30-20(15)13-31)27-17-8-6-16(24)7-9-17/h2-9,12,14H,10-11,13H2,1H3,(H,26,32)(H,28,29)(H,25,27,30). The first kappa shape index (κ1) is 19.9. The van der Waals surface area contributed by atoms with Gasteiger partial charge in [-0.2, -0.15) is 0 Å². The number of amides is 2. The second-order valence-corrected chi connectivity index (χ2v) is 7.78. The van der Waals surface area contributed by atoms with E-state index in [2.05, 4.69) is 30.6 Å². The molecular weight excluding hydrogens is 409 g/mol. The number of carbonyl (C=O) groups excluding carboxylic acids is 1. The lowest BCUT2D eigenvalue weighted by Crippen LogP contribution is -2.44. The molecular formula is C23H22FN7O. The van der Waals surface area contributed by atoms with Gasteiger partial charge in [-0.3, -0.25) is 0 Å². The number of imidazole rings is 1. The smallest absolute Gasteiger partial charge is 0.318 e. The molecule has 1 aliphatic heterocycles. The molecule has 4 aromatic rings. The van der Waals surface area contributed by atoms with Crippen LogP contribution in [-0.2, 0) is 13.0 Å². The van der Waals surface area contributed by atoms with E-state index in [0.29, 0.717) is 37.0 Å². The van der Waals surface area contributed by atoms with Gasteiger partial charge in [-0.25, -0.2) is 24.1 Å². The fraction of sp³-hybridized carbons (Fsp3) is 0.217. The van der Waals surface area contributed by atoms with Crippen molar-refractivity contribution in [2.75, 3.05) is 11.9 Å². The largest absolute Gasteiger partial charge is 0.340 e. The summed E-state index contributed by atoms with van der Waals surface area (Å²) in [6.07, 6.45) is 2.46. The van der Waals surface area contributed by atoms with Gasteiger partial charge in [0.25, 0.3) is 0 Å². The minimum absolute atomic E-state index is 0.171. The fourth-order valence-electron chi connectivity index (χ4n) is 3.72. The van der Waals surface area contributed by atoms with Crippen molar-refractivity contribution in [1.82, 2.24) is 30.2 Å². The van der Waals surface area contributed by atoms with Crippen molar-refractivity contribution < 1.29 is 9.18 Å². The molecule has 0 bridgehead atoms. The van der Waals surface area contributed by atoms with Crippen molar-refractivity contribution in [3.05, 3.63) is 77.6 Å². The van der Waals surface area contributed by atoms with E-state index in [-0.39, 0.29) is 17.9 Å². The molecule has 0 spiro atoms. The van der Waals surface area contributed by atoms with E-state index in [9.17, 15) is 9.18 Å². The highest BCUT2D eigenvalue weighted by molar-refractivity contribution is 5.76. The summed E-state index contributed by atoms with van der Waals surface area (Å²) in [5, 5.41) is 6.09. The van der Waals surface area contributed by atoms with Gasteiger partial charge >= 0.3 is 6.03 Å². The molecule has 1 atom stereocenters. The molecule has 9 heteroatoms. The van der Waals surface area contributed by atoms with Gasteiger partial charge in [0.05, 0.1) is 29.3 Å². The molecule has 32 heavy (non-hydrogen) atoms. The van der Waals surface area contributed by atoms with Crippen molar-refractivity contribution in [2.24, 2.45) is 0 Å². The molecule has 3 heterocycles. The molecule has 3 N–H and O–H groups in total. The Morgan fingerprint density at radius 2 is 1.97 bits per heavy atom. The van der Waals surface area contributed by atoms with Gasteiger partial charge in [-0.05, 0) is 55.3 Å². The predicted molar refractivity (Wildman–Crippen MR) is 119 cm³/mol. The van der Waals surface area contributed by atoms with E-state index in [0.717, 1.165) is 22.3 Å². The highest BCUT2D eigenvalue weighted by Gasteiger charge is 2.24. The number of urea groups is 1. The van der Waals surface area contributed by atoms with Crippen LogP contribution in [0.15, 0.2) is 54.7 Å². The number of para-hydroxylation sites is 2. The summed E-state index contributed by atoms with van der Waals surface area (Å²) < 4.78 is 13.1. The third-order valence-corrected chi connectivity index (χ3v) is 5.49. The molecule has 5 rings (SSSR count). The van der Waals surface area contributed by atoms with Crippen molar-refractivity contribution in [2.45, 2.75) is 25.9 Å². The maximum Gasteiger partial charge on any atom is 0.318 e. The number of carbonyl (C=O) groups is 1. The number of nitrogens with one attached hydrogen (secondary N) is 3. The molecule has 0 saturated carbocycles. The van der Waals surface area contributed by atoms with Gasteiger partial charge in [-0.15, -0.1) is 0 Å². The first-order valence-corrected chi connectivity index (χ1v) is 10.4. The zero-order chi connectivity index (χ0) is 22.1. The second kappa shape index (κ2) is 8.26. The van der Waals surface area contributed by atoms with Crippen LogP contribution >= 0.6 is 0 Å². The Labute approximate surface area is 183 Å². The molecule has 162 valence electrons. The molecule has 2 aromatic heterocycles. The number of hydrogen-bond donors (Lipinski definition) is 3. The Hall–Kier alpha value is -4.01. The van der Waals surface area contributed by atoms with Crippen LogP contribution in [0.3, 0.4) is 0 Å². The molecule has 1 unspecified atom stereocenters. The van der Waals surface area contributed by atoms with E-state index in [4.69, 9.17) is 0 Å². The van der Waals surface area contributed by atoms with Gasteiger partial charge in [0.15, 0.2) is 0 Å². The van der Waals surface area contributed by atoms with Crippen LogP contribution in [0.25, 0.3) is 11.0 Å². The van der Waals surface area contributed by atoms with E-state index in [1.165, 1.54) is 12.1 Å². The lowest BCUT2D eigenvalue weighted by atomic mass is 10.1. The van der Waals surface area contributed by atoms with E-state index >= 15 is 0 Å². The minimum Gasteiger partial charge on any atom is -0.340 e. The number of aromatic amines is 1. The lowest BCUT2D eigenvalue weighted by Gasteiger charge is -2.29. The van der Waals surface area contributed by atoms with E-state index < -0.39 is 0 Å². The summed E-state index contributed by atoms with van der Waals surface area (Å²) in [6, 6.07) is 13.3. The first-order valence-electron chi connectivity index (χ1n) is 10.4. The summed E-state index contributed by atoms with van der Waals surface area (Å²) >= 11 is 0. The van der Waals surface area contributed by atoms with Gasteiger partial charge in [-0.1, -0.05) is 12.1 Å². The van der Waals surface area contributed by atoms with E-state index in [1.54, 1.807) is 23.2 Å². The molecule has 8 nitrogen and oxygen atoms in total. The molecule has 2 aromatic carbocycles. The first-order chi connectivity index (χ1) is 15.5. The Balaban J connectivity index is 1.26. The Morgan fingerprint density at radius 3 is 2.78 bits per heavy atom. The number of rotatable bonds is 4. The summed E-state index contributed by atoms with van der Waals surface area (Å²) in [7, 11) is 0. The van der Waals surface area contributed by atoms with Crippen LogP contribution in [0.4, 0.5) is 20.8 Å². The predicted octanol–water partition coefficient (Wildman–Crippen LogP) is 4.06. The quantitative estimate of drug-likeness (QED) is 0.453. The average Bonchev–Trinajstić information content (AvgIpc) is 3.25.